The number of thiazole rings is 1. The SMILES string of the molecule is CCn1c(=NC(=O)C=Cc2cccs2)sc2cccc(OC)c21. The van der Waals surface area contributed by atoms with Gasteiger partial charge in [0.25, 0.3) is 5.91 Å². The van der Waals surface area contributed by atoms with Crippen molar-refractivity contribution in [1.29, 1.82) is 0 Å². The number of amides is 1. The molecule has 1 amide bonds. The Kier molecular flexibility index (Phi) is 4.73. The summed E-state index contributed by atoms with van der Waals surface area (Å²) in [5, 5.41) is 1.98. The summed E-state index contributed by atoms with van der Waals surface area (Å²) in [5.74, 6) is 0.537. The van der Waals surface area contributed by atoms with Gasteiger partial charge in [-0.2, -0.15) is 4.99 Å². The number of hydrogen-bond donors (Lipinski definition) is 0. The number of aromatic nitrogens is 1. The van der Waals surface area contributed by atoms with E-state index in [1.807, 2.05) is 47.2 Å². The summed E-state index contributed by atoms with van der Waals surface area (Å²) in [6, 6.07) is 9.80. The average Bonchev–Trinajstić information content (AvgIpc) is 3.19. The lowest BCUT2D eigenvalue weighted by molar-refractivity contribution is -0.113. The lowest BCUT2D eigenvalue weighted by atomic mass is 10.3. The van der Waals surface area contributed by atoms with Crippen LogP contribution in [-0.2, 0) is 11.3 Å². The van der Waals surface area contributed by atoms with Gasteiger partial charge in [0.2, 0.25) is 0 Å². The molecule has 0 N–H and O–H groups in total. The Morgan fingerprint density at radius 3 is 2.91 bits per heavy atom. The molecule has 2 heterocycles. The van der Waals surface area contributed by atoms with E-state index in [0.29, 0.717) is 4.80 Å². The molecule has 0 aliphatic rings. The van der Waals surface area contributed by atoms with Gasteiger partial charge in [-0.1, -0.05) is 23.5 Å². The fraction of sp³-hybridized carbons (Fsp3) is 0.176. The van der Waals surface area contributed by atoms with Gasteiger partial charge in [-0.05, 0) is 36.6 Å². The normalized spacial score (nSPS) is 12.3. The molecule has 3 rings (SSSR count). The minimum Gasteiger partial charge on any atom is -0.495 e. The third kappa shape index (κ3) is 3.28. The monoisotopic (exact) mass is 344 g/mol. The molecular weight excluding hydrogens is 328 g/mol. The van der Waals surface area contributed by atoms with E-state index in [-0.39, 0.29) is 5.91 Å². The first-order valence-corrected chi connectivity index (χ1v) is 8.89. The highest BCUT2D eigenvalue weighted by molar-refractivity contribution is 7.16. The Labute approximate surface area is 142 Å². The number of thiophene rings is 1. The molecule has 1 aromatic carbocycles. The maximum absolute atomic E-state index is 12.1. The van der Waals surface area contributed by atoms with E-state index < -0.39 is 0 Å². The number of fused-ring (bicyclic) bond motifs is 1. The number of hydrogen-bond acceptors (Lipinski definition) is 4. The minimum atomic E-state index is -0.258. The van der Waals surface area contributed by atoms with Crippen LogP contribution in [0.15, 0.2) is 46.8 Å². The van der Waals surface area contributed by atoms with E-state index in [1.165, 1.54) is 17.4 Å². The number of rotatable bonds is 4. The summed E-state index contributed by atoms with van der Waals surface area (Å²) in [6.45, 7) is 2.75. The molecule has 0 saturated heterocycles. The summed E-state index contributed by atoms with van der Waals surface area (Å²) in [7, 11) is 1.65. The third-order valence-corrected chi connectivity index (χ3v) is 5.22. The van der Waals surface area contributed by atoms with E-state index >= 15 is 0 Å². The van der Waals surface area contributed by atoms with Crippen LogP contribution in [0.3, 0.4) is 0 Å². The van der Waals surface area contributed by atoms with Crippen LogP contribution in [0.25, 0.3) is 16.3 Å². The molecule has 2 aromatic heterocycles. The minimum absolute atomic E-state index is 0.258. The summed E-state index contributed by atoms with van der Waals surface area (Å²) in [5.41, 5.74) is 0.983. The number of aryl methyl sites for hydroxylation is 1. The number of nitrogens with zero attached hydrogens (tertiary/aromatic N) is 2. The first-order valence-electron chi connectivity index (χ1n) is 7.19. The fourth-order valence-electron chi connectivity index (χ4n) is 2.31. The zero-order valence-corrected chi connectivity index (χ0v) is 14.5. The highest BCUT2D eigenvalue weighted by Gasteiger charge is 2.10. The molecule has 0 radical (unpaired) electrons. The van der Waals surface area contributed by atoms with Gasteiger partial charge in [-0.3, -0.25) is 4.79 Å². The molecule has 0 fully saturated rings. The number of carbonyl (C=O) groups excluding carboxylic acids is 1. The maximum Gasteiger partial charge on any atom is 0.272 e. The van der Waals surface area contributed by atoms with Crippen molar-refractivity contribution >= 4 is 44.9 Å². The van der Waals surface area contributed by atoms with Gasteiger partial charge in [-0.15, -0.1) is 11.3 Å². The van der Waals surface area contributed by atoms with E-state index in [9.17, 15) is 4.79 Å². The molecular formula is C17H16N2O2S2. The molecule has 0 aliphatic heterocycles. The van der Waals surface area contributed by atoms with Gasteiger partial charge in [0.1, 0.15) is 11.3 Å². The first kappa shape index (κ1) is 15.7. The van der Waals surface area contributed by atoms with E-state index in [4.69, 9.17) is 4.74 Å². The van der Waals surface area contributed by atoms with Gasteiger partial charge in [0.05, 0.1) is 11.8 Å². The van der Waals surface area contributed by atoms with Crippen molar-refractivity contribution in [2.24, 2.45) is 4.99 Å². The molecule has 3 aromatic rings. The molecule has 0 bridgehead atoms. The summed E-state index contributed by atoms with van der Waals surface area (Å²) >= 11 is 3.08. The average molecular weight is 344 g/mol. The lowest BCUT2D eigenvalue weighted by Gasteiger charge is -2.05. The standard InChI is InChI=1S/C17H16N2O2S2/c1-3-19-16-13(21-2)7-4-8-14(16)23-17(19)18-15(20)10-9-12-6-5-11-22-12/h4-11H,3H2,1-2H3. The molecule has 23 heavy (non-hydrogen) atoms. The Hall–Kier alpha value is -2.18. The van der Waals surface area contributed by atoms with Crippen LogP contribution in [0.5, 0.6) is 5.75 Å². The van der Waals surface area contributed by atoms with Crippen LogP contribution < -0.4 is 9.54 Å². The van der Waals surface area contributed by atoms with Crippen molar-refractivity contribution < 1.29 is 9.53 Å². The van der Waals surface area contributed by atoms with Gasteiger partial charge < -0.3 is 9.30 Å². The molecule has 0 saturated carbocycles. The Morgan fingerprint density at radius 2 is 2.22 bits per heavy atom. The summed E-state index contributed by atoms with van der Waals surface area (Å²) in [4.78, 5) is 18.1. The molecule has 6 heteroatoms. The second-order valence-corrected chi connectivity index (χ2v) is 6.72. The summed E-state index contributed by atoms with van der Waals surface area (Å²) < 4.78 is 8.50. The first-order chi connectivity index (χ1) is 11.2. The largest absolute Gasteiger partial charge is 0.495 e. The Morgan fingerprint density at radius 1 is 1.35 bits per heavy atom. The van der Waals surface area contributed by atoms with E-state index in [0.717, 1.165) is 27.4 Å². The smallest absolute Gasteiger partial charge is 0.272 e. The summed E-state index contributed by atoms with van der Waals surface area (Å²) in [6.07, 6.45) is 3.30. The van der Waals surface area contributed by atoms with Crippen molar-refractivity contribution in [2.75, 3.05) is 7.11 Å². The molecule has 4 nitrogen and oxygen atoms in total. The Bertz CT molecular complexity index is 918. The van der Waals surface area contributed by atoms with Crippen LogP contribution in [-0.4, -0.2) is 17.6 Å². The van der Waals surface area contributed by atoms with Crippen molar-refractivity contribution in [2.45, 2.75) is 13.5 Å². The molecule has 0 atom stereocenters. The van der Waals surface area contributed by atoms with Crippen LogP contribution in [0.2, 0.25) is 0 Å². The zero-order chi connectivity index (χ0) is 16.2. The molecule has 0 aliphatic carbocycles. The number of ether oxygens (including phenoxy) is 1. The number of carbonyl (C=O) groups is 1. The second-order valence-electron chi connectivity index (χ2n) is 4.73. The molecule has 0 spiro atoms. The molecule has 0 unspecified atom stereocenters. The van der Waals surface area contributed by atoms with Gasteiger partial charge >= 0.3 is 0 Å². The predicted molar refractivity (Wildman–Crippen MR) is 96.0 cm³/mol. The quantitative estimate of drug-likeness (QED) is 0.673. The van der Waals surface area contributed by atoms with Gasteiger partial charge in [0, 0.05) is 17.5 Å². The lowest BCUT2D eigenvalue weighted by Crippen LogP contribution is -2.15. The van der Waals surface area contributed by atoms with Gasteiger partial charge in [-0.25, -0.2) is 0 Å². The number of benzene rings is 1. The van der Waals surface area contributed by atoms with Crippen LogP contribution in [0.1, 0.15) is 11.8 Å². The number of para-hydroxylation sites is 1. The fourth-order valence-corrected chi connectivity index (χ4v) is 4.05. The van der Waals surface area contributed by atoms with Crippen molar-refractivity contribution in [3.63, 3.8) is 0 Å². The predicted octanol–water partition coefficient (Wildman–Crippen LogP) is 3.93. The van der Waals surface area contributed by atoms with Crippen LogP contribution >= 0.6 is 22.7 Å². The van der Waals surface area contributed by atoms with E-state index in [2.05, 4.69) is 4.99 Å². The van der Waals surface area contributed by atoms with E-state index in [1.54, 1.807) is 24.5 Å². The number of methoxy groups -OCH3 is 1. The third-order valence-electron chi connectivity index (χ3n) is 3.34. The topological polar surface area (TPSA) is 43.6 Å². The van der Waals surface area contributed by atoms with Crippen molar-refractivity contribution in [3.05, 3.63) is 51.5 Å². The van der Waals surface area contributed by atoms with Gasteiger partial charge in [0.15, 0.2) is 4.80 Å². The Balaban J connectivity index is 2.03. The zero-order valence-electron chi connectivity index (χ0n) is 12.9. The highest BCUT2D eigenvalue weighted by Crippen LogP contribution is 2.27. The van der Waals surface area contributed by atoms with Crippen molar-refractivity contribution in [3.8, 4) is 5.75 Å². The molecule has 118 valence electrons. The van der Waals surface area contributed by atoms with Crippen LogP contribution in [0, 0.1) is 0 Å². The highest BCUT2D eigenvalue weighted by atomic mass is 32.1. The van der Waals surface area contributed by atoms with Crippen molar-refractivity contribution in [1.82, 2.24) is 4.57 Å². The second kappa shape index (κ2) is 6.93. The van der Waals surface area contributed by atoms with Crippen LogP contribution in [0.4, 0.5) is 0 Å². The maximum atomic E-state index is 12.1.